The third kappa shape index (κ3) is 7.33. The molecule has 0 atom stereocenters. The number of hydrogen-bond acceptors (Lipinski definition) is 3. The number of aryl methyl sites for hydroxylation is 2. The number of allylic oxidation sites excluding steroid dienone is 4. The standard InChI is InChI=1S/C23H28N2O/c1-6-8-11-20(7-2)23(24-5)13-10-9-12-22(26)17-25-21-15-14-18(3)19(4)16-21/h7-12,14-16,25H,5-6,17H2,1-4H3/b11-8-,12-9+,20-7+. The van der Waals surface area contributed by atoms with Crippen molar-refractivity contribution in [3.8, 4) is 0 Å². The van der Waals surface area contributed by atoms with Crippen LogP contribution in [0.3, 0.4) is 0 Å². The molecule has 0 saturated carbocycles. The first-order valence-electron chi connectivity index (χ1n) is 8.79. The number of nitrogens with one attached hydrogen (secondary N) is 1. The zero-order chi connectivity index (χ0) is 19.4. The molecule has 136 valence electrons. The van der Waals surface area contributed by atoms with E-state index in [0.29, 0.717) is 5.70 Å². The summed E-state index contributed by atoms with van der Waals surface area (Å²) < 4.78 is 0. The maximum Gasteiger partial charge on any atom is 0.174 e. The topological polar surface area (TPSA) is 41.5 Å². The lowest BCUT2D eigenvalue weighted by atomic mass is 10.1. The summed E-state index contributed by atoms with van der Waals surface area (Å²) in [4.78, 5) is 15.9. The summed E-state index contributed by atoms with van der Waals surface area (Å²) in [6.07, 6.45) is 11.8. The number of carbonyl (C=O) groups excluding carboxylic acids is 1. The second-order valence-electron chi connectivity index (χ2n) is 5.85. The molecule has 0 heterocycles. The molecule has 0 aliphatic carbocycles. The molecule has 0 aromatic heterocycles. The van der Waals surface area contributed by atoms with Gasteiger partial charge in [-0.2, -0.15) is 0 Å². The Bertz CT molecular complexity index is 788. The molecule has 1 aromatic rings. The molecule has 1 N–H and O–H groups in total. The van der Waals surface area contributed by atoms with Gasteiger partial charge in [-0.3, -0.25) is 9.79 Å². The van der Waals surface area contributed by atoms with Crippen LogP contribution in [0.5, 0.6) is 0 Å². The Labute approximate surface area is 157 Å². The summed E-state index contributed by atoms with van der Waals surface area (Å²) in [5.74, 6) is -0.00785. The van der Waals surface area contributed by atoms with Crippen LogP contribution in [0.4, 0.5) is 5.69 Å². The molecule has 0 spiro atoms. The van der Waals surface area contributed by atoms with Gasteiger partial charge in [0, 0.05) is 11.3 Å². The van der Waals surface area contributed by atoms with E-state index in [-0.39, 0.29) is 12.3 Å². The number of nitrogens with zero attached hydrogens (tertiary/aromatic N) is 1. The molecule has 1 rings (SSSR count). The lowest BCUT2D eigenvalue weighted by Crippen LogP contribution is -2.11. The third-order valence-corrected chi connectivity index (χ3v) is 3.85. The highest BCUT2D eigenvalue weighted by atomic mass is 16.1. The van der Waals surface area contributed by atoms with Crippen LogP contribution in [-0.4, -0.2) is 19.0 Å². The normalized spacial score (nSPS) is 11.5. The minimum absolute atomic E-state index is 0.00785. The van der Waals surface area contributed by atoms with Gasteiger partial charge in [0.25, 0.3) is 0 Å². The maximum atomic E-state index is 12.0. The molecule has 0 saturated heterocycles. The number of rotatable bonds is 9. The van der Waals surface area contributed by atoms with E-state index in [0.717, 1.165) is 17.7 Å². The molecule has 0 aliphatic rings. The van der Waals surface area contributed by atoms with Crippen molar-refractivity contribution in [2.45, 2.75) is 34.1 Å². The van der Waals surface area contributed by atoms with Crippen molar-refractivity contribution in [3.05, 3.63) is 82.8 Å². The molecule has 0 aliphatic heterocycles. The smallest absolute Gasteiger partial charge is 0.174 e. The maximum absolute atomic E-state index is 12.0. The van der Waals surface area contributed by atoms with E-state index in [1.165, 1.54) is 17.2 Å². The van der Waals surface area contributed by atoms with Gasteiger partial charge in [-0.05, 0) is 69.3 Å². The minimum atomic E-state index is -0.00785. The molecule has 26 heavy (non-hydrogen) atoms. The van der Waals surface area contributed by atoms with E-state index in [1.807, 2.05) is 37.3 Å². The fourth-order valence-corrected chi connectivity index (χ4v) is 2.16. The Balaban J connectivity index is 2.68. The summed E-state index contributed by atoms with van der Waals surface area (Å²) in [6, 6.07) is 6.06. The zero-order valence-electron chi connectivity index (χ0n) is 16.2. The van der Waals surface area contributed by atoms with E-state index in [2.05, 4.69) is 49.6 Å². The lowest BCUT2D eigenvalue weighted by molar-refractivity contribution is -0.113. The zero-order valence-corrected chi connectivity index (χ0v) is 16.2. The first kappa shape index (κ1) is 21.1. The van der Waals surface area contributed by atoms with Gasteiger partial charge in [-0.1, -0.05) is 43.0 Å². The minimum Gasteiger partial charge on any atom is -0.378 e. The number of ketones is 1. The molecular weight excluding hydrogens is 320 g/mol. The van der Waals surface area contributed by atoms with Gasteiger partial charge in [0.1, 0.15) is 5.70 Å². The molecule has 3 heteroatoms. The molecule has 0 bridgehead atoms. The predicted molar refractivity (Wildman–Crippen MR) is 113 cm³/mol. The summed E-state index contributed by atoms with van der Waals surface area (Å²) >= 11 is 0. The average molecular weight is 348 g/mol. The molecule has 0 radical (unpaired) electrons. The Morgan fingerprint density at radius 1 is 1.27 bits per heavy atom. The van der Waals surface area contributed by atoms with Crippen LogP contribution in [0.1, 0.15) is 31.4 Å². The highest BCUT2D eigenvalue weighted by Gasteiger charge is 1.99. The van der Waals surface area contributed by atoms with Crippen molar-refractivity contribution < 1.29 is 4.79 Å². The lowest BCUT2D eigenvalue weighted by Gasteiger charge is -2.06. The van der Waals surface area contributed by atoms with E-state index >= 15 is 0 Å². The van der Waals surface area contributed by atoms with E-state index in [4.69, 9.17) is 0 Å². The molecule has 3 nitrogen and oxygen atoms in total. The fourth-order valence-electron chi connectivity index (χ4n) is 2.16. The van der Waals surface area contributed by atoms with E-state index in [1.54, 1.807) is 12.2 Å². The van der Waals surface area contributed by atoms with Crippen molar-refractivity contribution in [2.24, 2.45) is 4.99 Å². The number of aliphatic imine (C=N–C) groups is 1. The quantitative estimate of drug-likeness (QED) is 0.277. The molecule has 0 fully saturated rings. The van der Waals surface area contributed by atoms with Crippen LogP contribution in [0.25, 0.3) is 0 Å². The van der Waals surface area contributed by atoms with Crippen LogP contribution in [-0.2, 0) is 4.79 Å². The first-order chi connectivity index (χ1) is 12.5. The summed E-state index contributed by atoms with van der Waals surface area (Å²) in [5, 5.41) is 3.14. The van der Waals surface area contributed by atoms with Gasteiger partial charge in [-0.25, -0.2) is 0 Å². The summed E-state index contributed by atoms with van der Waals surface area (Å²) in [7, 11) is 0. The Morgan fingerprint density at radius 3 is 2.65 bits per heavy atom. The Kier molecular flexibility index (Phi) is 9.45. The second kappa shape index (κ2) is 11.6. The van der Waals surface area contributed by atoms with Crippen LogP contribution < -0.4 is 5.32 Å². The van der Waals surface area contributed by atoms with E-state index < -0.39 is 0 Å². The number of benzene rings is 1. The fraction of sp³-hybridized carbons (Fsp3) is 0.261. The molecular formula is C23H28N2O. The van der Waals surface area contributed by atoms with E-state index in [9.17, 15) is 4.79 Å². The number of anilines is 1. The largest absolute Gasteiger partial charge is 0.378 e. The van der Waals surface area contributed by atoms with Crippen molar-refractivity contribution in [1.82, 2.24) is 0 Å². The highest BCUT2D eigenvalue weighted by molar-refractivity contribution is 5.93. The van der Waals surface area contributed by atoms with Gasteiger partial charge in [0.05, 0.1) is 6.54 Å². The van der Waals surface area contributed by atoms with Gasteiger partial charge in [0.15, 0.2) is 5.78 Å². The number of hydrogen-bond donors (Lipinski definition) is 1. The van der Waals surface area contributed by atoms with Crippen molar-refractivity contribution >= 4 is 18.2 Å². The highest BCUT2D eigenvalue weighted by Crippen LogP contribution is 2.14. The van der Waals surface area contributed by atoms with Gasteiger partial charge in [0.2, 0.25) is 0 Å². The SMILES string of the molecule is C=NC(=C=C/C=C/C(=O)CNc1ccc(C)c(C)c1)C(/C=C\CC)=C/C. The van der Waals surface area contributed by atoms with Crippen LogP contribution >= 0.6 is 0 Å². The Hall–Kier alpha value is -2.90. The third-order valence-electron chi connectivity index (χ3n) is 3.85. The number of carbonyl (C=O) groups is 1. The first-order valence-corrected chi connectivity index (χ1v) is 8.79. The average Bonchev–Trinajstić information content (AvgIpc) is 2.64. The summed E-state index contributed by atoms with van der Waals surface area (Å²) in [5.41, 5.74) is 8.05. The monoisotopic (exact) mass is 348 g/mol. The van der Waals surface area contributed by atoms with Crippen LogP contribution in [0.15, 0.2) is 76.6 Å². The molecule has 0 unspecified atom stereocenters. The van der Waals surface area contributed by atoms with Crippen LogP contribution in [0, 0.1) is 13.8 Å². The molecule has 0 amide bonds. The van der Waals surface area contributed by atoms with Crippen molar-refractivity contribution in [1.29, 1.82) is 0 Å². The molecule has 1 aromatic carbocycles. The Morgan fingerprint density at radius 2 is 2.04 bits per heavy atom. The van der Waals surface area contributed by atoms with Gasteiger partial charge < -0.3 is 5.32 Å². The second-order valence-corrected chi connectivity index (χ2v) is 5.85. The van der Waals surface area contributed by atoms with Crippen molar-refractivity contribution in [3.63, 3.8) is 0 Å². The van der Waals surface area contributed by atoms with Gasteiger partial charge >= 0.3 is 0 Å². The van der Waals surface area contributed by atoms with Crippen molar-refractivity contribution in [2.75, 3.05) is 11.9 Å². The van der Waals surface area contributed by atoms with Gasteiger partial charge in [-0.15, -0.1) is 0 Å². The summed E-state index contributed by atoms with van der Waals surface area (Å²) in [6.45, 7) is 12.0. The van der Waals surface area contributed by atoms with Crippen LogP contribution in [0.2, 0.25) is 0 Å². The predicted octanol–water partition coefficient (Wildman–Crippen LogP) is 5.49.